The minimum Gasteiger partial charge on any atom is -0.481 e. The number of nitrogens with zero attached hydrogens (tertiary/aromatic N) is 4. The summed E-state index contributed by atoms with van der Waals surface area (Å²) in [6, 6.07) is 6.39. The minimum atomic E-state index is 0.605. The normalized spacial score (nSPS) is 14.6. The Kier molecular flexibility index (Phi) is 3.41. The summed E-state index contributed by atoms with van der Waals surface area (Å²) in [4.78, 5) is 4.35. The number of pyridine rings is 1. The van der Waals surface area contributed by atoms with Gasteiger partial charge in [0, 0.05) is 18.7 Å². The number of rotatable bonds is 6. The molecular formula is C13H17N5O. The highest BCUT2D eigenvalue weighted by Crippen LogP contribution is 2.18. The van der Waals surface area contributed by atoms with Gasteiger partial charge in [-0.05, 0) is 18.9 Å². The SMILES string of the molecule is COc1cccc(Cn2cc(CNC3CC3)nn2)n1. The van der Waals surface area contributed by atoms with Crippen LogP contribution in [0.1, 0.15) is 24.2 Å². The summed E-state index contributed by atoms with van der Waals surface area (Å²) in [6.45, 7) is 1.39. The van der Waals surface area contributed by atoms with E-state index in [-0.39, 0.29) is 0 Å². The maximum Gasteiger partial charge on any atom is 0.213 e. The van der Waals surface area contributed by atoms with Crippen molar-refractivity contribution in [3.05, 3.63) is 35.8 Å². The van der Waals surface area contributed by atoms with Gasteiger partial charge in [0.1, 0.15) is 0 Å². The zero-order chi connectivity index (χ0) is 13.1. The molecular weight excluding hydrogens is 242 g/mol. The molecule has 0 amide bonds. The molecule has 0 aliphatic heterocycles. The van der Waals surface area contributed by atoms with Crippen LogP contribution in [-0.4, -0.2) is 33.1 Å². The molecule has 0 saturated heterocycles. The van der Waals surface area contributed by atoms with E-state index in [2.05, 4.69) is 20.6 Å². The highest BCUT2D eigenvalue weighted by Gasteiger charge is 2.20. The topological polar surface area (TPSA) is 64.9 Å². The van der Waals surface area contributed by atoms with Crippen LogP contribution >= 0.6 is 0 Å². The number of hydrogen-bond donors (Lipinski definition) is 1. The highest BCUT2D eigenvalue weighted by atomic mass is 16.5. The van der Waals surface area contributed by atoms with Gasteiger partial charge >= 0.3 is 0 Å². The predicted molar refractivity (Wildman–Crippen MR) is 69.8 cm³/mol. The summed E-state index contributed by atoms with van der Waals surface area (Å²) in [5.41, 5.74) is 1.88. The van der Waals surface area contributed by atoms with Crippen LogP contribution in [0.15, 0.2) is 24.4 Å². The van der Waals surface area contributed by atoms with Crippen LogP contribution < -0.4 is 10.1 Å². The number of nitrogens with one attached hydrogen (secondary N) is 1. The Morgan fingerprint density at radius 2 is 2.26 bits per heavy atom. The van der Waals surface area contributed by atoms with Crippen LogP contribution in [-0.2, 0) is 13.1 Å². The van der Waals surface area contributed by atoms with Gasteiger partial charge in [0.2, 0.25) is 5.88 Å². The molecule has 0 atom stereocenters. The average Bonchev–Trinajstić information content (AvgIpc) is 3.17. The summed E-state index contributed by atoms with van der Waals surface area (Å²) in [5, 5.41) is 11.7. The Bertz CT molecular complexity index is 549. The second-order valence-corrected chi connectivity index (χ2v) is 4.73. The number of aromatic nitrogens is 4. The molecule has 0 aromatic carbocycles. The number of methoxy groups -OCH3 is 1. The third kappa shape index (κ3) is 3.29. The fourth-order valence-electron chi connectivity index (χ4n) is 1.86. The van der Waals surface area contributed by atoms with Crippen LogP contribution in [0.2, 0.25) is 0 Å². The molecule has 1 saturated carbocycles. The van der Waals surface area contributed by atoms with Gasteiger partial charge in [0.05, 0.1) is 31.2 Å². The average molecular weight is 259 g/mol. The van der Waals surface area contributed by atoms with E-state index in [0.29, 0.717) is 18.5 Å². The van der Waals surface area contributed by atoms with E-state index in [1.165, 1.54) is 12.8 Å². The first-order valence-corrected chi connectivity index (χ1v) is 6.46. The maximum absolute atomic E-state index is 5.10. The summed E-state index contributed by atoms with van der Waals surface area (Å²) in [5.74, 6) is 0.619. The van der Waals surface area contributed by atoms with Crippen LogP contribution in [0.5, 0.6) is 5.88 Å². The lowest BCUT2D eigenvalue weighted by Crippen LogP contribution is -2.15. The molecule has 1 aliphatic carbocycles. The first kappa shape index (κ1) is 12.1. The van der Waals surface area contributed by atoms with Crippen molar-refractivity contribution in [1.29, 1.82) is 0 Å². The highest BCUT2D eigenvalue weighted by molar-refractivity contribution is 5.15. The van der Waals surface area contributed by atoms with Gasteiger partial charge < -0.3 is 10.1 Å². The van der Waals surface area contributed by atoms with Gasteiger partial charge in [-0.15, -0.1) is 5.10 Å². The number of ether oxygens (including phenoxy) is 1. The molecule has 100 valence electrons. The zero-order valence-corrected chi connectivity index (χ0v) is 10.9. The van der Waals surface area contributed by atoms with E-state index in [1.807, 2.05) is 24.4 Å². The Morgan fingerprint density at radius 1 is 1.37 bits per heavy atom. The van der Waals surface area contributed by atoms with Crippen LogP contribution in [0.25, 0.3) is 0 Å². The zero-order valence-electron chi connectivity index (χ0n) is 10.9. The van der Waals surface area contributed by atoms with E-state index in [1.54, 1.807) is 11.8 Å². The Labute approximate surface area is 111 Å². The molecule has 6 heteroatoms. The molecule has 0 unspecified atom stereocenters. The lowest BCUT2D eigenvalue weighted by Gasteiger charge is -2.02. The molecule has 6 nitrogen and oxygen atoms in total. The molecule has 2 aromatic rings. The third-order valence-electron chi connectivity index (χ3n) is 3.05. The van der Waals surface area contributed by atoms with Crippen molar-refractivity contribution >= 4 is 0 Å². The summed E-state index contributed by atoms with van der Waals surface area (Å²) in [6.07, 6.45) is 4.51. The van der Waals surface area contributed by atoms with Crippen molar-refractivity contribution in [3.8, 4) is 5.88 Å². The lowest BCUT2D eigenvalue weighted by molar-refractivity contribution is 0.395. The summed E-state index contributed by atoms with van der Waals surface area (Å²) < 4.78 is 6.90. The largest absolute Gasteiger partial charge is 0.481 e. The minimum absolute atomic E-state index is 0.605. The van der Waals surface area contributed by atoms with E-state index >= 15 is 0 Å². The molecule has 3 rings (SSSR count). The second kappa shape index (κ2) is 5.36. The van der Waals surface area contributed by atoms with Gasteiger partial charge in [-0.2, -0.15) is 0 Å². The number of hydrogen-bond acceptors (Lipinski definition) is 5. The Balaban J connectivity index is 1.61. The van der Waals surface area contributed by atoms with Crippen LogP contribution in [0.3, 0.4) is 0 Å². The summed E-state index contributed by atoms with van der Waals surface area (Å²) in [7, 11) is 1.61. The first-order chi connectivity index (χ1) is 9.33. The molecule has 2 aromatic heterocycles. The second-order valence-electron chi connectivity index (χ2n) is 4.73. The molecule has 0 spiro atoms. The smallest absolute Gasteiger partial charge is 0.213 e. The predicted octanol–water partition coefficient (Wildman–Crippen LogP) is 0.982. The molecule has 2 heterocycles. The van der Waals surface area contributed by atoms with E-state index < -0.39 is 0 Å². The van der Waals surface area contributed by atoms with Gasteiger partial charge in [-0.3, -0.25) is 0 Å². The lowest BCUT2D eigenvalue weighted by atomic mass is 10.3. The van der Waals surface area contributed by atoms with Crippen molar-refractivity contribution < 1.29 is 4.74 Å². The Hall–Kier alpha value is -1.95. The van der Waals surface area contributed by atoms with Crippen molar-refractivity contribution in [3.63, 3.8) is 0 Å². The van der Waals surface area contributed by atoms with Gasteiger partial charge in [0.25, 0.3) is 0 Å². The standard InChI is InChI=1S/C13H17N5O/c1-19-13-4-2-3-11(15-13)8-18-9-12(16-17-18)7-14-10-5-6-10/h2-4,9-10,14H,5-8H2,1H3. The monoisotopic (exact) mass is 259 g/mol. The maximum atomic E-state index is 5.10. The fourth-order valence-corrected chi connectivity index (χ4v) is 1.86. The van der Waals surface area contributed by atoms with Crippen LogP contribution in [0, 0.1) is 0 Å². The molecule has 0 radical (unpaired) electrons. The molecule has 0 bridgehead atoms. The van der Waals surface area contributed by atoms with Gasteiger partial charge in [0.15, 0.2) is 0 Å². The van der Waals surface area contributed by atoms with Crippen molar-refractivity contribution in [2.75, 3.05) is 7.11 Å². The van der Waals surface area contributed by atoms with E-state index in [9.17, 15) is 0 Å². The molecule has 19 heavy (non-hydrogen) atoms. The van der Waals surface area contributed by atoms with Crippen molar-refractivity contribution in [2.24, 2.45) is 0 Å². The summed E-state index contributed by atoms with van der Waals surface area (Å²) >= 11 is 0. The Morgan fingerprint density at radius 3 is 3.05 bits per heavy atom. The molecule has 1 aliphatic rings. The van der Waals surface area contributed by atoms with Crippen molar-refractivity contribution in [2.45, 2.75) is 32.0 Å². The van der Waals surface area contributed by atoms with Crippen LogP contribution in [0.4, 0.5) is 0 Å². The third-order valence-corrected chi connectivity index (χ3v) is 3.05. The van der Waals surface area contributed by atoms with Gasteiger partial charge in [-0.25, -0.2) is 9.67 Å². The quantitative estimate of drug-likeness (QED) is 0.837. The fraction of sp³-hybridized carbons (Fsp3) is 0.462. The van der Waals surface area contributed by atoms with Crippen molar-refractivity contribution in [1.82, 2.24) is 25.3 Å². The van der Waals surface area contributed by atoms with E-state index in [0.717, 1.165) is 17.9 Å². The van der Waals surface area contributed by atoms with E-state index in [4.69, 9.17) is 4.74 Å². The molecule has 1 fully saturated rings. The molecule has 1 N–H and O–H groups in total. The first-order valence-electron chi connectivity index (χ1n) is 6.46. The van der Waals surface area contributed by atoms with Gasteiger partial charge in [-0.1, -0.05) is 11.3 Å².